The molecule has 1 aromatic heterocycles. The molecule has 2 N–H and O–H groups in total. The maximum atomic E-state index is 11.9. The maximum Gasteiger partial charge on any atom is 0.345 e. The van der Waals surface area contributed by atoms with Crippen molar-refractivity contribution in [2.45, 2.75) is 6.54 Å². The Labute approximate surface area is 123 Å². The highest BCUT2D eigenvalue weighted by Gasteiger charge is 2.15. The van der Waals surface area contributed by atoms with Crippen molar-refractivity contribution in [2.75, 3.05) is 0 Å². The Balaban J connectivity index is 2.07. The van der Waals surface area contributed by atoms with Gasteiger partial charge in [-0.1, -0.05) is 18.2 Å². The molecule has 2 rings (SSSR count). The van der Waals surface area contributed by atoms with Crippen molar-refractivity contribution in [1.29, 1.82) is 0 Å². The largest absolute Gasteiger partial charge is 0.477 e. The molecule has 0 aliphatic carbocycles. The van der Waals surface area contributed by atoms with Gasteiger partial charge in [0.2, 0.25) is 0 Å². The molecule has 21 heavy (non-hydrogen) atoms. The Morgan fingerprint density at radius 2 is 1.86 bits per heavy atom. The van der Waals surface area contributed by atoms with Crippen LogP contribution < -0.4 is 5.32 Å². The number of carbonyl (C=O) groups is 2. The minimum absolute atomic E-state index is 0.00368. The van der Waals surface area contributed by atoms with Crippen LogP contribution in [0, 0.1) is 10.1 Å². The van der Waals surface area contributed by atoms with Crippen molar-refractivity contribution in [2.24, 2.45) is 0 Å². The average molecular weight is 306 g/mol. The third kappa shape index (κ3) is 3.42. The van der Waals surface area contributed by atoms with Gasteiger partial charge < -0.3 is 10.4 Å². The zero-order valence-electron chi connectivity index (χ0n) is 10.6. The molecule has 1 amide bonds. The number of carboxylic acids is 1. The number of rotatable bonds is 5. The topological polar surface area (TPSA) is 110 Å². The second-order valence-electron chi connectivity index (χ2n) is 4.04. The van der Waals surface area contributed by atoms with Crippen LogP contribution in [0.25, 0.3) is 0 Å². The van der Waals surface area contributed by atoms with Crippen LogP contribution in [0.1, 0.15) is 24.9 Å². The fraction of sp³-hybridized carbons (Fsp3) is 0.0769. The highest BCUT2D eigenvalue weighted by Crippen LogP contribution is 2.19. The predicted octanol–water partition coefficient (Wildman–Crippen LogP) is 2.28. The summed E-state index contributed by atoms with van der Waals surface area (Å²) in [5.41, 5.74) is 0.307. The standard InChI is InChI=1S/C13H10N2O5S/c16-12(10-5-6-11(21-10)13(17)18)14-7-8-3-1-2-4-9(8)15(19)20/h1-6H,7H2,(H,14,16)(H,17,18). The normalized spacial score (nSPS) is 10.1. The number of amides is 1. The van der Waals surface area contributed by atoms with Gasteiger partial charge in [0.1, 0.15) is 4.88 Å². The fourth-order valence-electron chi connectivity index (χ4n) is 1.68. The van der Waals surface area contributed by atoms with E-state index in [9.17, 15) is 19.7 Å². The van der Waals surface area contributed by atoms with Crippen molar-refractivity contribution in [3.05, 3.63) is 61.8 Å². The highest BCUT2D eigenvalue weighted by molar-refractivity contribution is 7.15. The first-order valence-corrected chi connectivity index (χ1v) is 6.64. The number of nitrogens with zero attached hydrogens (tertiary/aromatic N) is 1. The molecule has 8 heteroatoms. The Morgan fingerprint density at radius 3 is 2.48 bits per heavy atom. The van der Waals surface area contributed by atoms with E-state index in [1.54, 1.807) is 18.2 Å². The van der Waals surface area contributed by atoms with Crippen LogP contribution in [0.2, 0.25) is 0 Å². The van der Waals surface area contributed by atoms with E-state index in [1.807, 2.05) is 0 Å². The summed E-state index contributed by atoms with van der Waals surface area (Å²) in [4.78, 5) is 33.2. The number of benzene rings is 1. The first kappa shape index (κ1) is 14.7. The van der Waals surface area contributed by atoms with Gasteiger partial charge in [-0.3, -0.25) is 14.9 Å². The van der Waals surface area contributed by atoms with Gasteiger partial charge in [-0.2, -0.15) is 0 Å². The van der Waals surface area contributed by atoms with E-state index >= 15 is 0 Å². The molecule has 0 atom stereocenters. The molecule has 0 aliphatic rings. The number of hydrogen-bond donors (Lipinski definition) is 2. The summed E-state index contributed by atoms with van der Waals surface area (Å²) in [5, 5.41) is 22.2. The molecule has 0 fully saturated rings. The monoisotopic (exact) mass is 306 g/mol. The van der Waals surface area contributed by atoms with Crippen molar-refractivity contribution < 1.29 is 19.6 Å². The first-order chi connectivity index (χ1) is 9.99. The van der Waals surface area contributed by atoms with Gasteiger partial charge >= 0.3 is 5.97 Å². The second-order valence-corrected chi connectivity index (χ2v) is 5.12. The molecule has 0 spiro atoms. The summed E-state index contributed by atoms with van der Waals surface area (Å²) < 4.78 is 0. The zero-order chi connectivity index (χ0) is 15.4. The van der Waals surface area contributed by atoms with Crippen LogP contribution in [0.4, 0.5) is 5.69 Å². The third-order valence-corrected chi connectivity index (χ3v) is 3.74. The number of nitrogens with one attached hydrogen (secondary N) is 1. The quantitative estimate of drug-likeness (QED) is 0.650. The summed E-state index contributed by atoms with van der Waals surface area (Å²) in [6.07, 6.45) is 0. The van der Waals surface area contributed by atoms with Crippen LogP contribution in [0.5, 0.6) is 0 Å². The van der Waals surface area contributed by atoms with Crippen LogP contribution in [0.15, 0.2) is 36.4 Å². The van der Waals surface area contributed by atoms with E-state index in [0.717, 1.165) is 11.3 Å². The molecule has 0 aliphatic heterocycles. The van der Waals surface area contributed by atoms with E-state index in [4.69, 9.17) is 5.11 Å². The van der Waals surface area contributed by atoms with E-state index in [0.29, 0.717) is 5.56 Å². The SMILES string of the molecule is O=C(O)c1ccc(C(=O)NCc2ccccc2[N+](=O)[O-])s1. The smallest absolute Gasteiger partial charge is 0.345 e. The molecule has 0 unspecified atom stereocenters. The van der Waals surface area contributed by atoms with E-state index in [2.05, 4.69) is 5.32 Å². The van der Waals surface area contributed by atoms with E-state index < -0.39 is 16.8 Å². The van der Waals surface area contributed by atoms with E-state index in [-0.39, 0.29) is 22.0 Å². The first-order valence-electron chi connectivity index (χ1n) is 5.82. The minimum Gasteiger partial charge on any atom is -0.477 e. The molecule has 0 radical (unpaired) electrons. The third-order valence-electron chi connectivity index (χ3n) is 2.67. The number of nitro benzene ring substituents is 1. The van der Waals surface area contributed by atoms with Crippen molar-refractivity contribution in [3.63, 3.8) is 0 Å². The minimum atomic E-state index is -1.10. The summed E-state index contributed by atoms with van der Waals surface area (Å²) >= 11 is 0.849. The molecule has 0 saturated carbocycles. The molecule has 0 saturated heterocycles. The lowest BCUT2D eigenvalue weighted by molar-refractivity contribution is -0.385. The molecule has 2 aromatic rings. The number of carbonyl (C=O) groups excluding carboxylic acids is 1. The van der Waals surface area contributed by atoms with Crippen molar-refractivity contribution in [1.82, 2.24) is 5.32 Å². The Morgan fingerprint density at radius 1 is 1.19 bits per heavy atom. The van der Waals surface area contributed by atoms with Gasteiger partial charge in [0.15, 0.2) is 0 Å². The lowest BCUT2D eigenvalue weighted by atomic mass is 10.2. The number of nitro groups is 1. The van der Waals surface area contributed by atoms with Gasteiger partial charge in [0.25, 0.3) is 11.6 Å². The summed E-state index contributed by atoms with van der Waals surface area (Å²) in [6.45, 7) is -0.00368. The Bertz CT molecular complexity index is 710. The molecule has 1 aromatic carbocycles. The molecular formula is C13H10N2O5S. The number of hydrogen-bond acceptors (Lipinski definition) is 5. The fourth-order valence-corrected chi connectivity index (χ4v) is 2.44. The number of para-hydroxylation sites is 1. The number of thiophene rings is 1. The second kappa shape index (κ2) is 6.14. The van der Waals surface area contributed by atoms with Gasteiger partial charge in [-0.25, -0.2) is 4.79 Å². The molecule has 7 nitrogen and oxygen atoms in total. The lowest BCUT2D eigenvalue weighted by Gasteiger charge is -2.04. The number of aromatic carboxylic acids is 1. The predicted molar refractivity (Wildman–Crippen MR) is 75.5 cm³/mol. The summed E-state index contributed by atoms with van der Waals surface area (Å²) in [5.74, 6) is -1.57. The summed E-state index contributed by atoms with van der Waals surface area (Å²) in [7, 11) is 0. The van der Waals surface area contributed by atoms with E-state index in [1.165, 1.54) is 18.2 Å². The van der Waals surface area contributed by atoms with Crippen LogP contribution >= 0.6 is 11.3 Å². The van der Waals surface area contributed by atoms with Gasteiger partial charge in [-0.05, 0) is 12.1 Å². The molecule has 108 valence electrons. The van der Waals surface area contributed by atoms with Crippen molar-refractivity contribution in [3.8, 4) is 0 Å². The molecular weight excluding hydrogens is 296 g/mol. The van der Waals surface area contributed by atoms with Crippen LogP contribution in [-0.2, 0) is 6.54 Å². The maximum absolute atomic E-state index is 11.9. The van der Waals surface area contributed by atoms with Gasteiger partial charge in [0.05, 0.1) is 9.80 Å². The average Bonchev–Trinajstić information content (AvgIpc) is 2.95. The molecule has 1 heterocycles. The van der Waals surface area contributed by atoms with Gasteiger partial charge in [-0.15, -0.1) is 11.3 Å². The molecule has 0 bridgehead atoms. The lowest BCUT2D eigenvalue weighted by Crippen LogP contribution is -2.22. The summed E-state index contributed by atoms with van der Waals surface area (Å²) in [6, 6.07) is 8.84. The van der Waals surface area contributed by atoms with Crippen molar-refractivity contribution >= 4 is 28.9 Å². The van der Waals surface area contributed by atoms with Crippen LogP contribution in [0.3, 0.4) is 0 Å². The zero-order valence-corrected chi connectivity index (χ0v) is 11.4. The Hall–Kier alpha value is -2.74. The van der Waals surface area contributed by atoms with Crippen LogP contribution in [-0.4, -0.2) is 21.9 Å². The highest BCUT2D eigenvalue weighted by atomic mass is 32.1. The number of carboxylic acid groups (broad SMARTS) is 1. The Kier molecular flexibility index (Phi) is 4.29. The van der Waals surface area contributed by atoms with Gasteiger partial charge in [0, 0.05) is 18.2 Å².